The Kier molecular flexibility index (Phi) is 2.93. The summed E-state index contributed by atoms with van der Waals surface area (Å²) >= 11 is 0. The third-order valence-electron chi connectivity index (χ3n) is 3.75. The molecule has 4 heteroatoms. The molecule has 0 aromatic carbocycles. The van der Waals surface area contributed by atoms with E-state index in [9.17, 15) is 4.79 Å². The molecule has 0 unspecified atom stereocenters. The minimum Gasteiger partial charge on any atom is -0.469 e. The van der Waals surface area contributed by atoms with Gasteiger partial charge in [0.25, 0.3) is 5.91 Å². The van der Waals surface area contributed by atoms with Gasteiger partial charge < -0.3 is 14.7 Å². The van der Waals surface area contributed by atoms with Gasteiger partial charge >= 0.3 is 0 Å². The van der Waals surface area contributed by atoms with E-state index in [4.69, 9.17) is 4.42 Å². The van der Waals surface area contributed by atoms with Gasteiger partial charge in [0.05, 0.1) is 17.9 Å². The van der Waals surface area contributed by atoms with Crippen molar-refractivity contribution in [3.8, 4) is 0 Å². The summed E-state index contributed by atoms with van der Waals surface area (Å²) in [6.07, 6.45) is 4.70. The maximum Gasteiger partial charge on any atom is 0.253 e. The molecule has 2 heterocycles. The molecule has 0 spiro atoms. The molecular formula is C15H18N2O2. The fraction of sp³-hybridized carbons (Fsp3) is 0.400. The van der Waals surface area contributed by atoms with E-state index in [0.717, 1.165) is 47.5 Å². The summed E-state index contributed by atoms with van der Waals surface area (Å²) < 4.78 is 5.44. The highest BCUT2D eigenvalue weighted by Crippen LogP contribution is 2.30. The highest BCUT2D eigenvalue weighted by Gasteiger charge is 2.25. The second-order valence-electron chi connectivity index (χ2n) is 5.21. The van der Waals surface area contributed by atoms with Crippen LogP contribution in [0.15, 0.2) is 22.8 Å². The molecule has 1 amide bonds. The second-order valence-corrected chi connectivity index (χ2v) is 5.21. The predicted octanol–water partition coefficient (Wildman–Crippen LogP) is 3.03. The van der Waals surface area contributed by atoms with Gasteiger partial charge in [0.2, 0.25) is 0 Å². The normalized spacial score (nSPS) is 18.1. The number of carbonyl (C=O) groups excluding carboxylic acids is 1. The molecule has 0 fully saturated rings. The van der Waals surface area contributed by atoms with Gasteiger partial charge in [0.1, 0.15) is 5.76 Å². The smallest absolute Gasteiger partial charge is 0.253 e. The van der Waals surface area contributed by atoms with Gasteiger partial charge in [-0.1, -0.05) is 0 Å². The Morgan fingerprint density at radius 1 is 1.47 bits per heavy atom. The molecule has 19 heavy (non-hydrogen) atoms. The van der Waals surface area contributed by atoms with E-state index < -0.39 is 0 Å². The van der Waals surface area contributed by atoms with Gasteiger partial charge in [0.15, 0.2) is 0 Å². The lowest BCUT2D eigenvalue weighted by molar-refractivity contribution is 0.0932. The van der Waals surface area contributed by atoms with E-state index in [1.54, 1.807) is 6.26 Å². The van der Waals surface area contributed by atoms with E-state index in [-0.39, 0.29) is 11.9 Å². The van der Waals surface area contributed by atoms with Crippen LogP contribution >= 0.6 is 0 Å². The summed E-state index contributed by atoms with van der Waals surface area (Å²) in [6, 6.07) is 3.93. The highest BCUT2D eigenvalue weighted by atomic mass is 16.3. The van der Waals surface area contributed by atoms with Crippen molar-refractivity contribution in [1.82, 2.24) is 10.3 Å². The maximum absolute atomic E-state index is 12.3. The average molecular weight is 258 g/mol. The number of carbonyl (C=O) groups is 1. The fourth-order valence-electron chi connectivity index (χ4n) is 2.83. The SMILES string of the molecule is Cc1cc(C(=O)N[C@H]2CCCc3occc32)c(C)[nH]1. The lowest BCUT2D eigenvalue weighted by Gasteiger charge is -2.22. The molecule has 1 aliphatic carbocycles. The Balaban J connectivity index is 1.80. The number of nitrogens with one attached hydrogen (secondary N) is 2. The van der Waals surface area contributed by atoms with Crippen molar-refractivity contribution in [3.05, 3.63) is 46.7 Å². The molecular weight excluding hydrogens is 240 g/mol. The van der Waals surface area contributed by atoms with Gasteiger partial charge in [0, 0.05) is 23.4 Å². The van der Waals surface area contributed by atoms with Crippen molar-refractivity contribution in [1.29, 1.82) is 0 Å². The molecule has 1 atom stereocenters. The number of aromatic nitrogens is 1. The molecule has 2 aromatic heterocycles. The van der Waals surface area contributed by atoms with Crippen molar-refractivity contribution >= 4 is 5.91 Å². The van der Waals surface area contributed by atoms with Crippen LogP contribution in [0.5, 0.6) is 0 Å². The number of rotatable bonds is 2. The number of aryl methyl sites for hydroxylation is 3. The predicted molar refractivity (Wildman–Crippen MR) is 72.1 cm³/mol. The standard InChI is InChI=1S/C15H18N2O2/c1-9-8-12(10(2)16-9)15(18)17-13-4-3-5-14-11(13)6-7-19-14/h6-8,13,16H,3-5H2,1-2H3,(H,17,18)/t13-/m0/s1. The van der Waals surface area contributed by atoms with Crippen LogP contribution in [0.1, 0.15) is 52.0 Å². The quantitative estimate of drug-likeness (QED) is 0.869. The van der Waals surface area contributed by atoms with Gasteiger partial charge in [-0.3, -0.25) is 4.79 Å². The number of hydrogen-bond acceptors (Lipinski definition) is 2. The van der Waals surface area contributed by atoms with Crippen LogP contribution in [0, 0.1) is 13.8 Å². The molecule has 0 saturated heterocycles. The Hall–Kier alpha value is -1.97. The minimum absolute atomic E-state index is 0.0131. The van der Waals surface area contributed by atoms with Crippen molar-refractivity contribution in [2.24, 2.45) is 0 Å². The van der Waals surface area contributed by atoms with E-state index in [1.165, 1.54) is 0 Å². The van der Waals surface area contributed by atoms with Crippen LogP contribution in [0.25, 0.3) is 0 Å². The summed E-state index contributed by atoms with van der Waals surface area (Å²) in [5.41, 5.74) is 3.78. The van der Waals surface area contributed by atoms with Gasteiger partial charge in [-0.05, 0) is 38.8 Å². The summed E-state index contributed by atoms with van der Waals surface area (Å²) in [6.45, 7) is 3.88. The first kappa shape index (κ1) is 12.1. The zero-order valence-corrected chi connectivity index (χ0v) is 11.2. The number of amides is 1. The van der Waals surface area contributed by atoms with Crippen LogP contribution in [0.3, 0.4) is 0 Å². The average Bonchev–Trinajstić information content (AvgIpc) is 2.96. The molecule has 0 radical (unpaired) electrons. The Morgan fingerprint density at radius 3 is 3.05 bits per heavy atom. The molecule has 0 saturated carbocycles. The molecule has 1 aliphatic rings. The Bertz CT molecular complexity index is 609. The van der Waals surface area contributed by atoms with Crippen LogP contribution < -0.4 is 5.32 Å². The molecule has 3 rings (SSSR count). The summed E-state index contributed by atoms with van der Waals surface area (Å²) in [5, 5.41) is 3.11. The molecule has 4 nitrogen and oxygen atoms in total. The Labute approximate surface area is 112 Å². The van der Waals surface area contributed by atoms with Crippen LogP contribution in [0.4, 0.5) is 0 Å². The molecule has 2 aromatic rings. The third-order valence-corrected chi connectivity index (χ3v) is 3.75. The lowest BCUT2D eigenvalue weighted by atomic mass is 9.93. The summed E-state index contributed by atoms with van der Waals surface area (Å²) in [4.78, 5) is 15.5. The zero-order valence-electron chi connectivity index (χ0n) is 11.2. The van der Waals surface area contributed by atoms with Gasteiger partial charge in [-0.15, -0.1) is 0 Å². The molecule has 0 bridgehead atoms. The van der Waals surface area contributed by atoms with Crippen LogP contribution in [0.2, 0.25) is 0 Å². The number of hydrogen-bond donors (Lipinski definition) is 2. The maximum atomic E-state index is 12.3. The fourth-order valence-corrected chi connectivity index (χ4v) is 2.83. The minimum atomic E-state index is -0.0131. The Morgan fingerprint density at radius 2 is 2.32 bits per heavy atom. The van der Waals surface area contributed by atoms with Crippen LogP contribution in [-0.2, 0) is 6.42 Å². The van der Waals surface area contributed by atoms with Gasteiger partial charge in [-0.25, -0.2) is 0 Å². The van der Waals surface area contributed by atoms with E-state index >= 15 is 0 Å². The van der Waals surface area contributed by atoms with E-state index in [1.807, 2.05) is 26.0 Å². The third kappa shape index (κ3) is 2.18. The first-order chi connectivity index (χ1) is 9.15. The second kappa shape index (κ2) is 4.61. The number of fused-ring (bicyclic) bond motifs is 1. The van der Waals surface area contributed by atoms with Crippen molar-refractivity contribution in [2.75, 3.05) is 0 Å². The first-order valence-corrected chi connectivity index (χ1v) is 6.68. The first-order valence-electron chi connectivity index (χ1n) is 6.68. The largest absolute Gasteiger partial charge is 0.469 e. The van der Waals surface area contributed by atoms with Crippen LogP contribution in [-0.4, -0.2) is 10.9 Å². The molecule has 100 valence electrons. The molecule has 2 N–H and O–H groups in total. The number of aromatic amines is 1. The van der Waals surface area contributed by atoms with Crippen molar-refractivity contribution < 1.29 is 9.21 Å². The topological polar surface area (TPSA) is 58.0 Å². The van der Waals surface area contributed by atoms with E-state index in [2.05, 4.69) is 10.3 Å². The summed E-state index contributed by atoms with van der Waals surface area (Å²) in [7, 11) is 0. The number of H-pyrrole nitrogens is 1. The van der Waals surface area contributed by atoms with Crippen molar-refractivity contribution in [3.63, 3.8) is 0 Å². The lowest BCUT2D eigenvalue weighted by Crippen LogP contribution is -2.30. The summed E-state index contributed by atoms with van der Waals surface area (Å²) in [5.74, 6) is 0.999. The van der Waals surface area contributed by atoms with E-state index in [0.29, 0.717) is 0 Å². The monoisotopic (exact) mass is 258 g/mol. The molecule has 0 aliphatic heterocycles. The van der Waals surface area contributed by atoms with Crippen molar-refractivity contribution in [2.45, 2.75) is 39.2 Å². The van der Waals surface area contributed by atoms with Gasteiger partial charge in [-0.2, -0.15) is 0 Å². The number of furan rings is 1. The zero-order chi connectivity index (χ0) is 13.4. The highest BCUT2D eigenvalue weighted by molar-refractivity contribution is 5.95.